The smallest absolute Gasteiger partial charge is 0.350 e. The average molecular weight is 278 g/mol. The third-order valence-electron chi connectivity index (χ3n) is 2.51. The number of aromatic nitrogens is 1. The molecule has 0 atom stereocenters. The number of rotatable bonds is 4. The highest BCUT2D eigenvalue weighted by Gasteiger charge is 2.19. The molecule has 2 rings (SSSR count). The van der Waals surface area contributed by atoms with Gasteiger partial charge in [-0.2, -0.15) is 0 Å². The van der Waals surface area contributed by atoms with Crippen LogP contribution in [0.15, 0.2) is 24.3 Å². The molecule has 0 radical (unpaired) electrons. The van der Waals surface area contributed by atoms with E-state index < -0.39 is 5.97 Å². The van der Waals surface area contributed by atoms with Crippen LogP contribution < -0.4 is 5.73 Å². The summed E-state index contributed by atoms with van der Waals surface area (Å²) in [6.45, 7) is 0.274. The molecular formula is C13H14N2O3S. The summed E-state index contributed by atoms with van der Waals surface area (Å²) in [6, 6.07) is 7.33. The number of nitrogens with zero attached hydrogens (tertiary/aromatic N) is 1. The van der Waals surface area contributed by atoms with E-state index in [0.29, 0.717) is 16.3 Å². The van der Waals surface area contributed by atoms with Gasteiger partial charge in [-0.05, 0) is 24.3 Å². The van der Waals surface area contributed by atoms with Crippen LogP contribution in [0.1, 0.15) is 15.4 Å². The minimum atomic E-state index is -0.397. The summed E-state index contributed by atoms with van der Waals surface area (Å²) in [5, 5.41) is 0.743. The fraction of sp³-hybridized carbons (Fsp3) is 0.231. The molecular weight excluding hydrogens is 264 g/mol. The van der Waals surface area contributed by atoms with Gasteiger partial charge in [0, 0.05) is 18.4 Å². The Morgan fingerprint density at radius 3 is 2.58 bits per heavy atom. The van der Waals surface area contributed by atoms with Crippen LogP contribution in [0.4, 0.5) is 5.69 Å². The average Bonchev–Trinajstić information content (AvgIpc) is 2.83. The molecule has 6 heteroatoms. The van der Waals surface area contributed by atoms with Gasteiger partial charge in [0.05, 0.1) is 19.4 Å². The van der Waals surface area contributed by atoms with E-state index in [1.54, 1.807) is 19.2 Å². The molecule has 1 heterocycles. The van der Waals surface area contributed by atoms with Crippen molar-refractivity contribution >= 4 is 23.0 Å². The van der Waals surface area contributed by atoms with Gasteiger partial charge < -0.3 is 15.2 Å². The first kappa shape index (κ1) is 13.5. The van der Waals surface area contributed by atoms with Crippen LogP contribution in [-0.2, 0) is 16.1 Å². The zero-order chi connectivity index (χ0) is 13.8. The zero-order valence-corrected chi connectivity index (χ0v) is 11.5. The summed E-state index contributed by atoms with van der Waals surface area (Å²) in [4.78, 5) is 16.6. The first-order valence-corrected chi connectivity index (χ1v) is 6.40. The molecule has 2 aromatic rings. The minimum Gasteiger partial charge on any atom is -0.465 e. The number of hydrogen-bond acceptors (Lipinski definition) is 6. The maximum atomic E-state index is 11.7. The highest BCUT2D eigenvalue weighted by Crippen LogP contribution is 2.29. The van der Waals surface area contributed by atoms with Gasteiger partial charge in [-0.1, -0.05) is 0 Å². The lowest BCUT2D eigenvalue weighted by Crippen LogP contribution is -2.03. The van der Waals surface area contributed by atoms with E-state index in [2.05, 4.69) is 4.98 Å². The number of nitrogen functional groups attached to an aromatic ring is 1. The summed E-state index contributed by atoms with van der Waals surface area (Å²) < 4.78 is 9.80. The van der Waals surface area contributed by atoms with Gasteiger partial charge in [-0.25, -0.2) is 9.78 Å². The van der Waals surface area contributed by atoms with Crippen molar-refractivity contribution in [3.05, 3.63) is 34.8 Å². The molecule has 1 aromatic heterocycles. The summed E-state index contributed by atoms with van der Waals surface area (Å²) in [6.07, 6.45) is 0. The van der Waals surface area contributed by atoms with Crippen molar-refractivity contribution in [1.29, 1.82) is 0 Å². The van der Waals surface area contributed by atoms with Crippen molar-refractivity contribution in [3.8, 4) is 10.6 Å². The van der Waals surface area contributed by atoms with Crippen LogP contribution in [0, 0.1) is 0 Å². The number of carbonyl (C=O) groups is 1. The first-order valence-electron chi connectivity index (χ1n) is 5.58. The number of esters is 1. The summed E-state index contributed by atoms with van der Waals surface area (Å²) >= 11 is 1.28. The Morgan fingerprint density at radius 1 is 1.32 bits per heavy atom. The summed E-state index contributed by atoms with van der Waals surface area (Å²) in [5.74, 6) is -0.397. The van der Waals surface area contributed by atoms with Crippen LogP contribution in [-0.4, -0.2) is 25.2 Å². The van der Waals surface area contributed by atoms with Crippen molar-refractivity contribution in [1.82, 2.24) is 4.98 Å². The molecule has 5 nitrogen and oxygen atoms in total. The predicted molar refractivity (Wildman–Crippen MR) is 74.0 cm³/mol. The number of carbonyl (C=O) groups excluding carboxylic acids is 1. The van der Waals surface area contributed by atoms with Crippen molar-refractivity contribution in [2.24, 2.45) is 0 Å². The lowest BCUT2D eigenvalue weighted by molar-refractivity contribution is 0.0601. The Hall–Kier alpha value is -1.92. The number of methoxy groups -OCH3 is 2. The second-order valence-corrected chi connectivity index (χ2v) is 4.84. The SMILES string of the molecule is COCc1nc(-c2ccc(N)cc2)sc1C(=O)OC. The molecule has 0 spiro atoms. The number of nitrogens with two attached hydrogens (primary N) is 1. The fourth-order valence-corrected chi connectivity index (χ4v) is 2.58. The molecule has 0 unspecified atom stereocenters. The molecule has 0 saturated carbocycles. The van der Waals surface area contributed by atoms with Crippen molar-refractivity contribution < 1.29 is 14.3 Å². The van der Waals surface area contributed by atoms with E-state index in [0.717, 1.165) is 10.6 Å². The highest BCUT2D eigenvalue weighted by atomic mass is 32.1. The number of anilines is 1. The second-order valence-electron chi connectivity index (χ2n) is 3.84. The first-order chi connectivity index (χ1) is 9.15. The van der Waals surface area contributed by atoms with Gasteiger partial charge in [0.25, 0.3) is 0 Å². The van der Waals surface area contributed by atoms with Gasteiger partial charge in [-0.15, -0.1) is 11.3 Å². The Morgan fingerprint density at radius 2 is 2.00 bits per heavy atom. The molecule has 2 N–H and O–H groups in total. The molecule has 0 aliphatic carbocycles. The Labute approximate surface area is 115 Å². The number of thiazole rings is 1. The Bertz CT molecular complexity index is 578. The quantitative estimate of drug-likeness (QED) is 0.686. The molecule has 0 aliphatic heterocycles. The van der Waals surface area contributed by atoms with Crippen molar-refractivity contribution in [3.63, 3.8) is 0 Å². The normalized spacial score (nSPS) is 10.4. The lowest BCUT2D eigenvalue weighted by atomic mass is 10.2. The Balaban J connectivity index is 2.41. The van der Waals surface area contributed by atoms with E-state index in [-0.39, 0.29) is 6.61 Å². The second kappa shape index (κ2) is 5.81. The molecule has 0 bridgehead atoms. The summed E-state index contributed by atoms with van der Waals surface area (Å²) in [5.41, 5.74) is 7.83. The molecule has 0 aliphatic rings. The van der Waals surface area contributed by atoms with E-state index in [9.17, 15) is 4.79 Å². The predicted octanol–water partition coefficient (Wildman–Crippen LogP) is 2.33. The molecule has 100 valence electrons. The highest BCUT2D eigenvalue weighted by molar-refractivity contribution is 7.17. The monoisotopic (exact) mass is 278 g/mol. The van der Waals surface area contributed by atoms with E-state index in [1.165, 1.54) is 18.4 Å². The van der Waals surface area contributed by atoms with Crippen molar-refractivity contribution in [2.45, 2.75) is 6.61 Å². The largest absolute Gasteiger partial charge is 0.465 e. The third-order valence-corrected chi connectivity index (χ3v) is 3.63. The van der Waals surface area contributed by atoms with Crippen LogP contribution in [0.25, 0.3) is 10.6 Å². The molecule has 0 amide bonds. The van der Waals surface area contributed by atoms with Crippen LogP contribution in [0.3, 0.4) is 0 Å². The zero-order valence-electron chi connectivity index (χ0n) is 10.7. The van der Waals surface area contributed by atoms with Crippen LogP contribution in [0.2, 0.25) is 0 Å². The van der Waals surface area contributed by atoms with E-state index >= 15 is 0 Å². The van der Waals surface area contributed by atoms with Gasteiger partial charge in [0.1, 0.15) is 9.88 Å². The molecule has 1 aromatic carbocycles. The van der Waals surface area contributed by atoms with Gasteiger partial charge >= 0.3 is 5.97 Å². The topological polar surface area (TPSA) is 74.4 Å². The van der Waals surface area contributed by atoms with E-state index in [4.69, 9.17) is 15.2 Å². The van der Waals surface area contributed by atoms with Crippen LogP contribution in [0.5, 0.6) is 0 Å². The number of benzene rings is 1. The fourth-order valence-electron chi connectivity index (χ4n) is 1.59. The standard InChI is InChI=1S/C13H14N2O3S/c1-17-7-10-11(13(16)18-2)19-12(15-10)8-3-5-9(14)6-4-8/h3-6H,7,14H2,1-2H3. The maximum absolute atomic E-state index is 11.7. The van der Waals surface area contributed by atoms with Gasteiger partial charge in [0.2, 0.25) is 0 Å². The van der Waals surface area contributed by atoms with Crippen molar-refractivity contribution in [2.75, 3.05) is 20.0 Å². The van der Waals surface area contributed by atoms with Gasteiger partial charge in [-0.3, -0.25) is 0 Å². The molecule has 0 saturated heterocycles. The lowest BCUT2D eigenvalue weighted by Gasteiger charge is -1.98. The van der Waals surface area contributed by atoms with Gasteiger partial charge in [0.15, 0.2) is 0 Å². The third kappa shape index (κ3) is 2.91. The van der Waals surface area contributed by atoms with E-state index in [1.807, 2.05) is 12.1 Å². The maximum Gasteiger partial charge on any atom is 0.350 e. The Kier molecular flexibility index (Phi) is 4.13. The number of hydrogen-bond donors (Lipinski definition) is 1. The minimum absolute atomic E-state index is 0.274. The van der Waals surface area contributed by atoms with Crippen LogP contribution >= 0.6 is 11.3 Å². The molecule has 19 heavy (non-hydrogen) atoms. The number of ether oxygens (including phenoxy) is 2. The molecule has 0 fully saturated rings. The summed E-state index contributed by atoms with van der Waals surface area (Å²) in [7, 11) is 2.91.